The molecule has 18 heavy (non-hydrogen) atoms. The molecule has 0 aromatic heterocycles. The Morgan fingerprint density at radius 2 is 2.06 bits per heavy atom. The van der Waals surface area contributed by atoms with Crippen molar-refractivity contribution >= 4 is 11.6 Å². The molecule has 1 aromatic rings. The monoisotopic (exact) mass is 268 g/mol. The summed E-state index contributed by atoms with van der Waals surface area (Å²) in [5, 5.41) is 4.36. The van der Waals surface area contributed by atoms with Crippen LogP contribution in [-0.4, -0.2) is 44.3 Å². The van der Waals surface area contributed by atoms with Gasteiger partial charge in [-0.05, 0) is 18.6 Å². The second-order valence-electron chi connectivity index (χ2n) is 4.65. The van der Waals surface area contributed by atoms with Crippen molar-refractivity contribution in [2.45, 2.75) is 13.0 Å². The van der Waals surface area contributed by atoms with Gasteiger partial charge < -0.3 is 10.1 Å². The summed E-state index contributed by atoms with van der Waals surface area (Å²) in [6, 6.07) is 8.30. The van der Waals surface area contributed by atoms with Gasteiger partial charge in [-0.25, -0.2) is 0 Å². The average Bonchev–Trinajstić information content (AvgIpc) is 2.40. The van der Waals surface area contributed by atoms with Gasteiger partial charge in [0.1, 0.15) is 0 Å². The molecule has 1 aromatic carbocycles. The normalized spacial score (nSPS) is 18.8. The highest BCUT2D eigenvalue weighted by atomic mass is 35.5. The maximum atomic E-state index is 6.18. The van der Waals surface area contributed by atoms with E-state index in [1.807, 2.05) is 18.2 Å². The third-order valence-electron chi connectivity index (χ3n) is 3.35. The summed E-state index contributed by atoms with van der Waals surface area (Å²) in [5.74, 6) is 0. The molecule has 4 heteroatoms. The van der Waals surface area contributed by atoms with Crippen molar-refractivity contribution in [3.8, 4) is 0 Å². The predicted octanol–water partition coefficient (Wildman–Crippen LogP) is 2.32. The molecule has 0 unspecified atom stereocenters. The first-order valence-corrected chi connectivity index (χ1v) is 6.93. The summed E-state index contributed by atoms with van der Waals surface area (Å²) in [6.07, 6.45) is 0. The molecule has 0 aliphatic carbocycles. The molecule has 0 bridgehead atoms. The highest BCUT2D eigenvalue weighted by Crippen LogP contribution is 2.21. The van der Waals surface area contributed by atoms with Crippen LogP contribution in [-0.2, 0) is 4.74 Å². The molecule has 1 aliphatic rings. The molecular weight excluding hydrogens is 248 g/mol. The molecule has 0 saturated carbocycles. The van der Waals surface area contributed by atoms with E-state index in [1.165, 1.54) is 5.56 Å². The van der Waals surface area contributed by atoms with Gasteiger partial charge in [-0.1, -0.05) is 29.8 Å². The van der Waals surface area contributed by atoms with Crippen molar-refractivity contribution in [2.24, 2.45) is 0 Å². The summed E-state index contributed by atoms with van der Waals surface area (Å²) in [4.78, 5) is 2.43. The van der Waals surface area contributed by atoms with Crippen LogP contribution in [0.25, 0.3) is 0 Å². The summed E-state index contributed by atoms with van der Waals surface area (Å²) in [5.41, 5.74) is 1.17. The van der Waals surface area contributed by atoms with E-state index in [0.717, 1.165) is 44.4 Å². The smallest absolute Gasteiger partial charge is 0.0594 e. The van der Waals surface area contributed by atoms with Crippen molar-refractivity contribution in [2.75, 3.05) is 39.4 Å². The van der Waals surface area contributed by atoms with Gasteiger partial charge in [0.05, 0.1) is 13.2 Å². The molecule has 1 N–H and O–H groups in total. The molecule has 1 heterocycles. The van der Waals surface area contributed by atoms with Crippen LogP contribution in [0, 0.1) is 0 Å². The van der Waals surface area contributed by atoms with E-state index in [1.54, 1.807) is 0 Å². The van der Waals surface area contributed by atoms with Gasteiger partial charge in [0.2, 0.25) is 0 Å². The zero-order valence-corrected chi connectivity index (χ0v) is 11.6. The maximum Gasteiger partial charge on any atom is 0.0594 e. The van der Waals surface area contributed by atoms with E-state index in [9.17, 15) is 0 Å². The standard InChI is InChI=1S/C14H21ClN2O/c1-12(13-4-2-3-5-14(13)15)16-6-7-17-8-10-18-11-9-17/h2-5,12,16H,6-11H2,1H3/t12-/m0/s1. The maximum absolute atomic E-state index is 6.18. The van der Waals surface area contributed by atoms with Crippen molar-refractivity contribution < 1.29 is 4.74 Å². The Labute approximate surface area is 114 Å². The first-order valence-electron chi connectivity index (χ1n) is 6.55. The van der Waals surface area contributed by atoms with Crippen LogP contribution >= 0.6 is 11.6 Å². The SMILES string of the molecule is C[C@H](NCCN1CCOCC1)c1ccccc1Cl. The number of rotatable bonds is 5. The number of nitrogens with zero attached hydrogens (tertiary/aromatic N) is 1. The van der Waals surface area contributed by atoms with Crippen molar-refractivity contribution in [3.63, 3.8) is 0 Å². The summed E-state index contributed by atoms with van der Waals surface area (Å²) >= 11 is 6.18. The number of benzene rings is 1. The Kier molecular flexibility index (Phi) is 5.45. The Morgan fingerprint density at radius 3 is 2.78 bits per heavy atom. The molecule has 0 amide bonds. The number of hydrogen-bond acceptors (Lipinski definition) is 3. The van der Waals surface area contributed by atoms with Crippen LogP contribution in [0.2, 0.25) is 5.02 Å². The Hall–Kier alpha value is -0.610. The van der Waals surface area contributed by atoms with Crippen LogP contribution in [0.15, 0.2) is 24.3 Å². The minimum Gasteiger partial charge on any atom is -0.379 e. The molecule has 3 nitrogen and oxygen atoms in total. The summed E-state index contributed by atoms with van der Waals surface area (Å²) < 4.78 is 5.33. The van der Waals surface area contributed by atoms with Gasteiger partial charge >= 0.3 is 0 Å². The number of ether oxygens (including phenoxy) is 1. The Morgan fingerprint density at radius 1 is 1.33 bits per heavy atom. The first kappa shape index (κ1) is 13.8. The molecule has 0 spiro atoms. The second-order valence-corrected chi connectivity index (χ2v) is 5.06. The van der Waals surface area contributed by atoms with Crippen molar-refractivity contribution in [1.82, 2.24) is 10.2 Å². The van der Waals surface area contributed by atoms with Gasteiger partial charge in [0, 0.05) is 37.2 Å². The Balaban J connectivity index is 1.74. The fourth-order valence-electron chi connectivity index (χ4n) is 2.20. The molecule has 1 fully saturated rings. The van der Waals surface area contributed by atoms with Crippen LogP contribution in [0.3, 0.4) is 0 Å². The fourth-order valence-corrected chi connectivity index (χ4v) is 2.50. The van der Waals surface area contributed by atoms with Gasteiger partial charge in [-0.3, -0.25) is 4.90 Å². The molecule has 100 valence electrons. The van der Waals surface area contributed by atoms with Gasteiger partial charge in [0.25, 0.3) is 0 Å². The van der Waals surface area contributed by atoms with Gasteiger partial charge in [0.15, 0.2) is 0 Å². The van der Waals surface area contributed by atoms with Gasteiger partial charge in [-0.15, -0.1) is 0 Å². The van der Waals surface area contributed by atoms with E-state index in [2.05, 4.69) is 23.2 Å². The third kappa shape index (κ3) is 3.95. The quantitative estimate of drug-likeness (QED) is 0.887. The lowest BCUT2D eigenvalue weighted by molar-refractivity contribution is 0.0382. The van der Waals surface area contributed by atoms with Crippen LogP contribution in [0.5, 0.6) is 0 Å². The second kappa shape index (κ2) is 7.10. The van der Waals surface area contributed by atoms with E-state index in [-0.39, 0.29) is 0 Å². The first-order chi connectivity index (χ1) is 8.77. The number of nitrogens with one attached hydrogen (secondary N) is 1. The lowest BCUT2D eigenvalue weighted by atomic mass is 10.1. The fraction of sp³-hybridized carbons (Fsp3) is 0.571. The van der Waals surface area contributed by atoms with Crippen LogP contribution in [0.1, 0.15) is 18.5 Å². The topological polar surface area (TPSA) is 24.5 Å². The van der Waals surface area contributed by atoms with E-state index < -0.39 is 0 Å². The zero-order chi connectivity index (χ0) is 12.8. The predicted molar refractivity (Wildman–Crippen MR) is 75.1 cm³/mol. The van der Waals surface area contributed by atoms with E-state index in [4.69, 9.17) is 16.3 Å². The number of halogens is 1. The van der Waals surface area contributed by atoms with Crippen LogP contribution < -0.4 is 5.32 Å². The third-order valence-corrected chi connectivity index (χ3v) is 3.70. The Bertz CT molecular complexity index is 367. The molecular formula is C14H21ClN2O. The lowest BCUT2D eigenvalue weighted by Gasteiger charge is -2.27. The molecule has 1 saturated heterocycles. The minimum atomic E-state index is 0.291. The summed E-state index contributed by atoms with van der Waals surface area (Å²) in [6.45, 7) is 8.01. The number of morpholine rings is 1. The molecule has 2 rings (SSSR count). The lowest BCUT2D eigenvalue weighted by Crippen LogP contribution is -2.40. The van der Waals surface area contributed by atoms with Crippen LogP contribution in [0.4, 0.5) is 0 Å². The summed E-state index contributed by atoms with van der Waals surface area (Å²) in [7, 11) is 0. The van der Waals surface area contributed by atoms with E-state index >= 15 is 0 Å². The number of hydrogen-bond donors (Lipinski definition) is 1. The highest BCUT2D eigenvalue weighted by Gasteiger charge is 2.11. The molecule has 1 aliphatic heterocycles. The van der Waals surface area contributed by atoms with Crippen molar-refractivity contribution in [3.05, 3.63) is 34.9 Å². The van der Waals surface area contributed by atoms with Crippen molar-refractivity contribution in [1.29, 1.82) is 0 Å². The largest absolute Gasteiger partial charge is 0.379 e. The highest BCUT2D eigenvalue weighted by molar-refractivity contribution is 6.31. The average molecular weight is 269 g/mol. The zero-order valence-electron chi connectivity index (χ0n) is 10.9. The minimum absolute atomic E-state index is 0.291. The molecule has 1 atom stereocenters. The van der Waals surface area contributed by atoms with Gasteiger partial charge in [-0.2, -0.15) is 0 Å². The molecule has 0 radical (unpaired) electrons. The van der Waals surface area contributed by atoms with E-state index in [0.29, 0.717) is 6.04 Å².